The molecular formula is C19H26ClN3OS. The normalized spacial score (nSPS) is 15.6. The highest BCUT2D eigenvalue weighted by Crippen LogP contribution is 2.29. The Morgan fingerprint density at radius 3 is 2.56 bits per heavy atom. The number of amides is 1. The van der Waals surface area contributed by atoms with Gasteiger partial charge in [-0.25, -0.2) is 4.98 Å². The van der Waals surface area contributed by atoms with E-state index >= 15 is 0 Å². The number of carbonyl (C=O) groups excluding carboxylic acids is 1. The summed E-state index contributed by atoms with van der Waals surface area (Å²) in [4.78, 5) is 17.0. The van der Waals surface area contributed by atoms with Gasteiger partial charge >= 0.3 is 0 Å². The van der Waals surface area contributed by atoms with Gasteiger partial charge in [0.15, 0.2) is 0 Å². The Morgan fingerprint density at radius 1 is 1.28 bits per heavy atom. The second kappa shape index (κ2) is 8.79. The molecule has 1 aliphatic carbocycles. The molecule has 2 aromatic rings. The summed E-state index contributed by atoms with van der Waals surface area (Å²) >= 11 is 1.59. The fourth-order valence-corrected chi connectivity index (χ4v) is 4.17. The second-order valence-corrected chi connectivity index (χ2v) is 7.47. The summed E-state index contributed by atoms with van der Waals surface area (Å²) in [6.45, 7) is 2.67. The summed E-state index contributed by atoms with van der Waals surface area (Å²) in [5.74, 6) is 0.0283. The first-order valence-electron chi connectivity index (χ1n) is 8.69. The quantitative estimate of drug-likeness (QED) is 0.803. The molecule has 1 aromatic heterocycles. The first-order chi connectivity index (χ1) is 11.6. The number of hydrogen-bond donors (Lipinski definition) is 2. The zero-order valence-corrected chi connectivity index (χ0v) is 16.2. The molecule has 0 unspecified atom stereocenters. The van der Waals surface area contributed by atoms with Crippen LogP contribution in [0.2, 0.25) is 0 Å². The third-order valence-electron chi connectivity index (χ3n) is 4.86. The maximum absolute atomic E-state index is 12.4. The Labute approximate surface area is 159 Å². The Morgan fingerprint density at radius 2 is 1.96 bits per heavy atom. The van der Waals surface area contributed by atoms with Crippen LogP contribution < -0.4 is 11.1 Å². The molecule has 1 saturated carbocycles. The number of nitrogens with one attached hydrogen (secondary N) is 1. The van der Waals surface area contributed by atoms with Crippen molar-refractivity contribution in [1.29, 1.82) is 0 Å². The van der Waals surface area contributed by atoms with Crippen molar-refractivity contribution in [2.45, 2.75) is 51.0 Å². The molecule has 4 nitrogen and oxygen atoms in total. The van der Waals surface area contributed by atoms with Crippen molar-refractivity contribution >= 4 is 29.7 Å². The van der Waals surface area contributed by atoms with E-state index < -0.39 is 0 Å². The van der Waals surface area contributed by atoms with E-state index in [0.717, 1.165) is 48.4 Å². The highest BCUT2D eigenvalue weighted by Gasteiger charge is 2.33. The molecule has 0 aliphatic heterocycles. The second-order valence-electron chi connectivity index (χ2n) is 6.61. The molecule has 25 heavy (non-hydrogen) atoms. The number of halogens is 1. The molecule has 3 N–H and O–H groups in total. The predicted molar refractivity (Wildman–Crippen MR) is 106 cm³/mol. The van der Waals surface area contributed by atoms with E-state index in [-0.39, 0.29) is 23.9 Å². The number of aromatic nitrogens is 1. The summed E-state index contributed by atoms with van der Waals surface area (Å²) < 4.78 is 0. The fourth-order valence-electron chi connectivity index (χ4n) is 3.34. The first-order valence-corrected chi connectivity index (χ1v) is 9.57. The minimum atomic E-state index is -0.189. The monoisotopic (exact) mass is 379 g/mol. The van der Waals surface area contributed by atoms with Crippen LogP contribution in [0.25, 0.3) is 10.6 Å². The number of thiazole rings is 1. The van der Waals surface area contributed by atoms with Gasteiger partial charge < -0.3 is 11.1 Å². The van der Waals surface area contributed by atoms with Gasteiger partial charge in [-0.2, -0.15) is 0 Å². The van der Waals surface area contributed by atoms with Gasteiger partial charge in [0.05, 0.1) is 17.7 Å². The van der Waals surface area contributed by atoms with Gasteiger partial charge in [-0.1, -0.05) is 44.0 Å². The van der Waals surface area contributed by atoms with E-state index in [1.807, 2.05) is 5.38 Å². The molecule has 0 bridgehead atoms. The van der Waals surface area contributed by atoms with Crippen LogP contribution in [0.1, 0.15) is 43.9 Å². The van der Waals surface area contributed by atoms with Gasteiger partial charge in [0.2, 0.25) is 5.91 Å². The van der Waals surface area contributed by atoms with E-state index in [9.17, 15) is 4.79 Å². The third kappa shape index (κ3) is 4.81. The molecule has 0 radical (unpaired) electrons. The van der Waals surface area contributed by atoms with Crippen molar-refractivity contribution < 1.29 is 4.79 Å². The average molecular weight is 380 g/mol. The van der Waals surface area contributed by atoms with Crippen molar-refractivity contribution in [3.05, 3.63) is 40.9 Å². The zero-order chi connectivity index (χ0) is 17.0. The Kier molecular flexibility index (Phi) is 6.99. The van der Waals surface area contributed by atoms with Crippen molar-refractivity contribution in [2.24, 2.45) is 5.73 Å². The molecule has 0 saturated heterocycles. The standard InChI is InChI=1S/C19H25N3OS.ClH/c1-2-14-5-7-15(8-6-14)18-21-16(12-24-18)11-17(23)22-19(13-20)9-3-4-10-19;/h5-8,12H,2-4,9-11,13,20H2,1H3,(H,22,23);1H. The van der Waals surface area contributed by atoms with Crippen LogP contribution in [-0.4, -0.2) is 23.0 Å². The van der Waals surface area contributed by atoms with E-state index in [1.54, 1.807) is 11.3 Å². The number of benzene rings is 1. The molecule has 0 atom stereocenters. The number of hydrogen-bond acceptors (Lipinski definition) is 4. The minimum absolute atomic E-state index is 0. The lowest BCUT2D eigenvalue weighted by Crippen LogP contribution is -2.52. The summed E-state index contributed by atoms with van der Waals surface area (Å²) in [6, 6.07) is 8.47. The highest BCUT2D eigenvalue weighted by molar-refractivity contribution is 7.13. The number of aryl methyl sites for hydroxylation is 1. The van der Waals surface area contributed by atoms with Crippen LogP contribution in [0.15, 0.2) is 29.6 Å². The molecule has 1 aliphatic rings. The number of carbonyl (C=O) groups is 1. The number of rotatable bonds is 6. The van der Waals surface area contributed by atoms with Crippen LogP contribution >= 0.6 is 23.7 Å². The lowest BCUT2D eigenvalue weighted by atomic mass is 9.97. The largest absolute Gasteiger partial charge is 0.349 e. The zero-order valence-electron chi connectivity index (χ0n) is 14.6. The Hall–Kier alpha value is -1.43. The van der Waals surface area contributed by atoms with Crippen LogP contribution in [-0.2, 0) is 17.6 Å². The SMILES string of the molecule is CCc1ccc(-c2nc(CC(=O)NC3(CN)CCCC3)cs2)cc1.Cl. The first kappa shape index (κ1) is 19.9. The van der Waals surface area contributed by atoms with Crippen LogP contribution in [0.5, 0.6) is 0 Å². The minimum Gasteiger partial charge on any atom is -0.349 e. The van der Waals surface area contributed by atoms with Crippen LogP contribution in [0.4, 0.5) is 0 Å². The fraction of sp³-hybridized carbons (Fsp3) is 0.474. The molecule has 6 heteroatoms. The van der Waals surface area contributed by atoms with Gasteiger partial charge in [-0.15, -0.1) is 23.7 Å². The van der Waals surface area contributed by atoms with Gasteiger partial charge in [0.25, 0.3) is 0 Å². The maximum atomic E-state index is 12.4. The van der Waals surface area contributed by atoms with Crippen molar-refractivity contribution in [3.63, 3.8) is 0 Å². The summed E-state index contributed by atoms with van der Waals surface area (Å²) in [6.07, 6.45) is 5.62. The molecule has 1 amide bonds. The van der Waals surface area contributed by atoms with E-state index in [0.29, 0.717) is 13.0 Å². The third-order valence-corrected chi connectivity index (χ3v) is 5.80. The smallest absolute Gasteiger partial charge is 0.226 e. The van der Waals surface area contributed by atoms with Gasteiger partial charge in [0.1, 0.15) is 5.01 Å². The Balaban J connectivity index is 0.00000225. The number of nitrogens with zero attached hydrogens (tertiary/aromatic N) is 1. The Bertz CT molecular complexity index is 693. The number of nitrogens with two attached hydrogens (primary N) is 1. The molecule has 1 aromatic carbocycles. The van der Waals surface area contributed by atoms with Crippen molar-refractivity contribution in [2.75, 3.05) is 6.54 Å². The lowest BCUT2D eigenvalue weighted by molar-refractivity contribution is -0.122. The molecule has 0 spiro atoms. The molecule has 136 valence electrons. The van der Waals surface area contributed by atoms with Gasteiger partial charge in [-0.05, 0) is 24.8 Å². The van der Waals surface area contributed by atoms with E-state index in [2.05, 4.69) is 41.5 Å². The van der Waals surface area contributed by atoms with E-state index in [1.165, 1.54) is 5.56 Å². The van der Waals surface area contributed by atoms with Crippen molar-refractivity contribution in [1.82, 2.24) is 10.3 Å². The molecular weight excluding hydrogens is 354 g/mol. The van der Waals surface area contributed by atoms with Crippen LogP contribution in [0.3, 0.4) is 0 Å². The summed E-state index contributed by atoms with van der Waals surface area (Å²) in [7, 11) is 0. The molecule has 3 rings (SSSR count). The summed E-state index contributed by atoms with van der Waals surface area (Å²) in [5, 5.41) is 6.10. The highest BCUT2D eigenvalue weighted by atomic mass is 35.5. The van der Waals surface area contributed by atoms with Gasteiger partial charge in [0, 0.05) is 17.5 Å². The molecule has 1 fully saturated rings. The van der Waals surface area contributed by atoms with E-state index in [4.69, 9.17) is 5.73 Å². The lowest BCUT2D eigenvalue weighted by Gasteiger charge is -2.28. The summed E-state index contributed by atoms with van der Waals surface area (Å²) in [5.41, 5.74) is 8.96. The average Bonchev–Trinajstić information content (AvgIpc) is 3.25. The maximum Gasteiger partial charge on any atom is 0.226 e. The van der Waals surface area contributed by atoms with Crippen LogP contribution in [0, 0.1) is 0 Å². The topological polar surface area (TPSA) is 68.0 Å². The molecule has 1 heterocycles. The van der Waals surface area contributed by atoms with Gasteiger partial charge in [-0.3, -0.25) is 4.79 Å². The van der Waals surface area contributed by atoms with Crippen molar-refractivity contribution in [3.8, 4) is 10.6 Å². The predicted octanol–water partition coefficient (Wildman–Crippen LogP) is 3.72.